The van der Waals surface area contributed by atoms with Gasteiger partial charge >= 0.3 is 0 Å². The Morgan fingerprint density at radius 1 is 1.07 bits per heavy atom. The van der Waals surface area contributed by atoms with E-state index in [0.717, 1.165) is 35.5 Å². The van der Waals surface area contributed by atoms with Crippen LogP contribution in [0.25, 0.3) is 10.9 Å². The van der Waals surface area contributed by atoms with Crippen LogP contribution in [0.4, 0.5) is 10.1 Å². The van der Waals surface area contributed by atoms with Crippen molar-refractivity contribution < 1.29 is 22.0 Å². The zero-order valence-corrected chi connectivity index (χ0v) is 30.2. The maximum absolute atomic E-state index is 13.7. The van der Waals surface area contributed by atoms with Crippen molar-refractivity contribution in [1.29, 1.82) is 0 Å². The molecule has 2 bridgehead atoms. The maximum atomic E-state index is 13.7. The minimum absolute atomic E-state index is 0.0208. The Balaban J connectivity index is 1.51. The number of fused-ring (bicyclic) bond motifs is 3. The third-order valence-electron chi connectivity index (χ3n) is 9.45. The number of benzene rings is 2. The molecule has 3 heterocycles. The van der Waals surface area contributed by atoms with Gasteiger partial charge in [0.25, 0.3) is 5.91 Å². The van der Waals surface area contributed by atoms with Crippen molar-refractivity contribution in [2.75, 3.05) is 30.3 Å². The van der Waals surface area contributed by atoms with Crippen LogP contribution in [-0.4, -0.2) is 74.9 Å². The van der Waals surface area contributed by atoms with Crippen molar-refractivity contribution >= 4 is 52.3 Å². The van der Waals surface area contributed by atoms with Crippen LogP contribution in [0, 0.1) is 11.2 Å². The van der Waals surface area contributed by atoms with Gasteiger partial charge in [-0.2, -0.15) is 5.10 Å². The van der Waals surface area contributed by atoms with E-state index in [4.69, 9.17) is 21.1 Å². The van der Waals surface area contributed by atoms with Crippen LogP contribution in [0.5, 0.6) is 0 Å². The average molecular weight is 677 g/mol. The highest BCUT2D eigenvalue weighted by Crippen LogP contribution is 2.41. The van der Waals surface area contributed by atoms with Crippen LogP contribution in [0.15, 0.2) is 41.4 Å². The van der Waals surface area contributed by atoms with Crippen LogP contribution >= 0.6 is 11.6 Å². The van der Waals surface area contributed by atoms with E-state index in [1.165, 1.54) is 12.1 Å². The molecule has 5 rings (SSSR count). The first kappa shape index (κ1) is 33.9. The Hall–Kier alpha value is -2.47. The van der Waals surface area contributed by atoms with Crippen LogP contribution in [0.3, 0.4) is 0 Å². The van der Waals surface area contributed by atoms with Gasteiger partial charge in [0.05, 0.1) is 51.8 Å². The van der Waals surface area contributed by atoms with Crippen molar-refractivity contribution in [2.45, 2.75) is 96.0 Å². The largest absolute Gasteiger partial charge is 0.415 e. The summed E-state index contributed by atoms with van der Waals surface area (Å²) >= 11 is 6.25. The number of hydrogen-bond acceptors (Lipinski definition) is 6. The first-order chi connectivity index (χ1) is 20.8. The third kappa shape index (κ3) is 6.96. The summed E-state index contributed by atoms with van der Waals surface area (Å²) in [7, 11) is -5.56. The molecule has 2 unspecified atom stereocenters. The second-order valence-corrected chi connectivity index (χ2v) is 22.5. The molecule has 2 fully saturated rings. The molecule has 2 aliphatic heterocycles. The monoisotopic (exact) mass is 676 g/mol. The number of nitrogens with zero attached hydrogens (tertiary/aromatic N) is 4. The Morgan fingerprint density at radius 3 is 2.29 bits per heavy atom. The molecule has 246 valence electrons. The molecule has 2 aliphatic rings. The van der Waals surface area contributed by atoms with Gasteiger partial charge in [-0.1, -0.05) is 53.1 Å². The highest BCUT2D eigenvalue weighted by atomic mass is 35.5. The zero-order valence-electron chi connectivity index (χ0n) is 27.7. The van der Waals surface area contributed by atoms with Gasteiger partial charge in [0.2, 0.25) is 0 Å². The number of amides is 1. The molecule has 45 heavy (non-hydrogen) atoms. The molecule has 0 radical (unpaired) electrons. The van der Waals surface area contributed by atoms with Gasteiger partial charge in [0.1, 0.15) is 5.82 Å². The van der Waals surface area contributed by atoms with Crippen LogP contribution in [-0.2, 0) is 20.8 Å². The summed E-state index contributed by atoms with van der Waals surface area (Å²) in [6.45, 7) is 18.8. The molecule has 2 atom stereocenters. The summed E-state index contributed by atoms with van der Waals surface area (Å²) in [4.78, 5) is 17.9. The number of carbonyl (C=O) groups excluding carboxylic acids is 1. The molecule has 2 saturated heterocycles. The lowest BCUT2D eigenvalue weighted by Crippen LogP contribution is -2.55. The van der Waals surface area contributed by atoms with E-state index in [-0.39, 0.29) is 44.3 Å². The molecule has 12 heteroatoms. The molecule has 0 aliphatic carbocycles. The minimum Gasteiger partial charge on any atom is -0.415 e. The molecule has 2 aromatic carbocycles. The number of aromatic nitrogens is 2. The Labute approximate surface area is 272 Å². The summed E-state index contributed by atoms with van der Waals surface area (Å²) < 4.78 is 49.5. The number of piperazine rings is 1. The predicted octanol–water partition coefficient (Wildman–Crippen LogP) is 7.16. The van der Waals surface area contributed by atoms with E-state index < -0.39 is 29.4 Å². The fourth-order valence-corrected chi connectivity index (χ4v) is 9.47. The lowest BCUT2D eigenvalue weighted by Gasteiger charge is -2.43. The number of anilines is 1. The fraction of sp³-hybridized carbons (Fsp3) is 0.576. The molecular weight excluding hydrogens is 631 g/mol. The number of carbonyl (C=O) groups is 1. The highest BCUT2D eigenvalue weighted by molar-refractivity contribution is 7.91. The van der Waals surface area contributed by atoms with Crippen LogP contribution in [0.1, 0.15) is 64.7 Å². The summed E-state index contributed by atoms with van der Waals surface area (Å²) in [5, 5.41) is 5.66. The third-order valence-corrected chi connectivity index (χ3v) is 16.5. The quantitative estimate of drug-likeness (QED) is 0.235. The van der Waals surface area contributed by atoms with E-state index in [2.05, 4.69) is 38.8 Å². The fourth-order valence-electron chi connectivity index (χ4n) is 6.28. The van der Waals surface area contributed by atoms with E-state index in [1.807, 2.05) is 31.5 Å². The zero-order chi connectivity index (χ0) is 33.1. The molecule has 3 aromatic rings. The molecule has 0 spiro atoms. The summed E-state index contributed by atoms with van der Waals surface area (Å²) in [6.07, 6.45) is 3.46. The summed E-state index contributed by atoms with van der Waals surface area (Å²) in [6, 6.07) is 7.36. The van der Waals surface area contributed by atoms with Crippen molar-refractivity contribution in [3.05, 3.63) is 52.9 Å². The van der Waals surface area contributed by atoms with Gasteiger partial charge in [0.15, 0.2) is 18.2 Å². The lowest BCUT2D eigenvalue weighted by atomic mass is 10.0. The second-order valence-electron chi connectivity index (χ2n) is 15.3. The molecule has 0 N–H and O–H groups in total. The molecule has 1 aromatic heterocycles. The predicted molar refractivity (Wildman–Crippen MR) is 181 cm³/mol. The van der Waals surface area contributed by atoms with E-state index >= 15 is 0 Å². The number of sulfone groups is 1. The highest BCUT2D eigenvalue weighted by Gasteiger charge is 2.43. The molecule has 1 amide bonds. The minimum atomic E-state index is -3.59. The maximum Gasteiger partial charge on any atom is 0.255 e. The van der Waals surface area contributed by atoms with E-state index in [1.54, 1.807) is 17.2 Å². The van der Waals surface area contributed by atoms with E-state index in [9.17, 15) is 17.6 Å². The van der Waals surface area contributed by atoms with Crippen molar-refractivity contribution in [3.8, 4) is 0 Å². The number of hydrogen-bond donors (Lipinski definition) is 0. The lowest BCUT2D eigenvalue weighted by molar-refractivity contribution is 0.0718. The molecule has 8 nitrogen and oxygen atoms in total. The normalized spacial score (nSPS) is 19.5. The second kappa shape index (κ2) is 12.0. The number of rotatable bonds is 8. The van der Waals surface area contributed by atoms with Crippen molar-refractivity contribution in [3.63, 3.8) is 0 Å². The Kier molecular flexibility index (Phi) is 9.00. The van der Waals surface area contributed by atoms with Gasteiger partial charge in [-0.05, 0) is 66.7 Å². The first-order valence-corrected chi connectivity index (χ1v) is 20.6. The van der Waals surface area contributed by atoms with Gasteiger partial charge in [-0.3, -0.25) is 9.48 Å². The number of likely N-dealkylation sites (tertiary alicyclic amines) is 1. The summed E-state index contributed by atoms with van der Waals surface area (Å²) in [5.41, 5.74) is 1.57. The van der Waals surface area contributed by atoms with E-state index in [0.29, 0.717) is 26.2 Å². The van der Waals surface area contributed by atoms with Crippen molar-refractivity contribution in [2.24, 2.45) is 5.41 Å². The Morgan fingerprint density at radius 2 is 1.71 bits per heavy atom. The average Bonchev–Trinajstić information content (AvgIpc) is 3.42. The van der Waals surface area contributed by atoms with Gasteiger partial charge < -0.3 is 14.2 Å². The molecule has 0 saturated carbocycles. The number of halogens is 2. The van der Waals surface area contributed by atoms with Gasteiger partial charge in [-0.15, -0.1) is 0 Å². The van der Waals surface area contributed by atoms with Crippen molar-refractivity contribution in [1.82, 2.24) is 14.7 Å². The standard InChI is InChI=1S/C33H46ClFN4O4SSi/c1-32(2,3)21-44(41,42)26-15-22-18-36-38(13-14-43-45(7,8)33(4,5)6)30(22)29(17-26)39-24-10-11-25(39)20-37(19-24)31(40)27-12-9-23(35)16-28(27)34/h9,12,15-18,24-25H,10-11,13-14,19-21H2,1-8H3. The smallest absolute Gasteiger partial charge is 0.255 e. The topological polar surface area (TPSA) is 84.7 Å². The first-order valence-electron chi connectivity index (χ1n) is 15.7. The van der Waals surface area contributed by atoms with Crippen LogP contribution < -0.4 is 4.90 Å². The molecular formula is C33H46ClFN4O4SSi. The van der Waals surface area contributed by atoms with Gasteiger partial charge in [0, 0.05) is 30.6 Å². The van der Waals surface area contributed by atoms with Gasteiger partial charge in [-0.25, -0.2) is 12.8 Å². The Bertz CT molecular complexity index is 1700. The van der Waals surface area contributed by atoms with Crippen LogP contribution in [0.2, 0.25) is 23.2 Å². The summed E-state index contributed by atoms with van der Waals surface area (Å²) in [5.74, 6) is -0.693. The SMILES string of the molecule is CC(C)(C)CS(=O)(=O)c1cc(N2C3CCC2CN(C(=O)c2ccc(F)cc2Cl)C3)c2c(cnn2CCO[Si](C)(C)C(C)(C)C)c1.